The predicted molar refractivity (Wildman–Crippen MR) is 58.5 cm³/mol. The smallest absolute Gasteiger partial charge is 0.325 e. The van der Waals surface area contributed by atoms with Crippen LogP contribution in [0.25, 0.3) is 0 Å². The van der Waals surface area contributed by atoms with Crippen molar-refractivity contribution in [2.24, 2.45) is 11.8 Å². The van der Waals surface area contributed by atoms with Gasteiger partial charge in [-0.25, -0.2) is 0 Å². The van der Waals surface area contributed by atoms with Crippen LogP contribution in [0.3, 0.4) is 0 Å². The van der Waals surface area contributed by atoms with Crippen molar-refractivity contribution in [3.8, 4) is 0 Å². The highest BCUT2D eigenvalue weighted by Crippen LogP contribution is 2.38. The number of hydrogen-bond donors (Lipinski definition) is 1. The van der Waals surface area contributed by atoms with Gasteiger partial charge < -0.3 is 10.1 Å². The maximum atomic E-state index is 11.6. The van der Waals surface area contributed by atoms with Crippen LogP contribution in [0.15, 0.2) is 0 Å². The molecular weight excluding hydrogens is 190 g/mol. The highest BCUT2D eigenvalue weighted by molar-refractivity contribution is 5.80. The standard InChI is InChI=1S/C12H21NO2/c1-12(11(14)15-2)7-10(8-13-12)9-5-3-4-6-9/h9-10,13H,3-8H2,1-2H3. The number of rotatable bonds is 2. The van der Waals surface area contributed by atoms with Crippen LogP contribution in [0.4, 0.5) is 0 Å². The third-order valence-corrected chi connectivity index (χ3v) is 4.13. The summed E-state index contributed by atoms with van der Waals surface area (Å²) in [5.74, 6) is 1.41. The molecule has 15 heavy (non-hydrogen) atoms. The number of ether oxygens (including phenoxy) is 1. The lowest BCUT2D eigenvalue weighted by molar-refractivity contribution is -0.147. The molecule has 1 aliphatic carbocycles. The first-order chi connectivity index (χ1) is 7.15. The van der Waals surface area contributed by atoms with E-state index in [9.17, 15) is 4.79 Å². The molecular formula is C12H21NO2. The Morgan fingerprint density at radius 1 is 1.33 bits per heavy atom. The summed E-state index contributed by atoms with van der Waals surface area (Å²) in [4.78, 5) is 11.6. The molecule has 1 saturated heterocycles. The van der Waals surface area contributed by atoms with Crippen LogP contribution in [0.1, 0.15) is 39.0 Å². The Kier molecular flexibility index (Phi) is 3.01. The number of carbonyl (C=O) groups is 1. The number of hydrogen-bond acceptors (Lipinski definition) is 3. The molecule has 86 valence electrons. The van der Waals surface area contributed by atoms with Gasteiger partial charge in [0.1, 0.15) is 5.54 Å². The Labute approximate surface area is 91.6 Å². The average molecular weight is 211 g/mol. The van der Waals surface area contributed by atoms with Crippen molar-refractivity contribution in [3.05, 3.63) is 0 Å². The molecule has 1 heterocycles. The van der Waals surface area contributed by atoms with Crippen LogP contribution in [0, 0.1) is 11.8 Å². The molecule has 2 aliphatic rings. The van der Waals surface area contributed by atoms with E-state index in [1.165, 1.54) is 32.8 Å². The Morgan fingerprint density at radius 2 is 2.00 bits per heavy atom. The van der Waals surface area contributed by atoms with Gasteiger partial charge in [-0.3, -0.25) is 4.79 Å². The van der Waals surface area contributed by atoms with Crippen molar-refractivity contribution in [2.45, 2.75) is 44.6 Å². The van der Waals surface area contributed by atoms with E-state index in [-0.39, 0.29) is 5.97 Å². The van der Waals surface area contributed by atoms with E-state index >= 15 is 0 Å². The van der Waals surface area contributed by atoms with Gasteiger partial charge in [0.15, 0.2) is 0 Å². The van der Waals surface area contributed by atoms with Crippen LogP contribution in [-0.4, -0.2) is 25.2 Å². The van der Waals surface area contributed by atoms with E-state index in [2.05, 4.69) is 5.32 Å². The lowest BCUT2D eigenvalue weighted by Gasteiger charge is -2.22. The maximum Gasteiger partial charge on any atom is 0.325 e. The van der Waals surface area contributed by atoms with Crippen molar-refractivity contribution in [1.29, 1.82) is 0 Å². The minimum Gasteiger partial charge on any atom is -0.468 e. The van der Waals surface area contributed by atoms with Gasteiger partial charge in [0.05, 0.1) is 7.11 Å². The molecule has 1 N–H and O–H groups in total. The van der Waals surface area contributed by atoms with Gasteiger partial charge in [0.2, 0.25) is 0 Å². The normalized spacial score (nSPS) is 37.1. The van der Waals surface area contributed by atoms with E-state index in [0.717, 1.165) is 18.9 Å². The Balaban J connectivity index is 1.96. The van der Waals surface area contributed by atoms with E-state index in [4.69, 9.17) is 4.74 Å². The first kappa shape index (κ1) is 10.9. The molecule has 0 aromatic heterocycles. The zero-order valence-corrected chi connectivity index (χ0v) is 9.71. The molecule has 0 spiro atoms. The zero-order chi connectivity index (χ0) is 10.9. The molecule has 2 atom stereocenters. The topological polar surface area (TPSA) is 38.3 Å². The van der Waals surface area contributed by atoms with Crippen molar-refractivity contribution < 1.29 is 9.53 Å². The Morgan fingerprint density at radius 3 is 2.60 bits per heavy atom. The third-order valence-electron chi connectivity index (χ3n) is 4.13. The molecule has 3 nitrogen and oxygen atoms in total. The summed E-state index contributed by atoms with van der Waals surface area (Å²) in [6.07, 6.45) is 6.39. The lowest BCUT2D eigenvalue weighted by atomic mass is 9.85. The van der Waals surface area contributed by atoms with Crippen molar-refractivity contribution in [1.82, 2.24) is 5.32 Å². The summed E-state index contributed by atoms with van der Waals surface area (Å²) < 4.78 is 4.85. The molecule has 0 radical (unpaired) electrons. The summed E-state index contributed by atoms with van der Waals surface area (Å²) in [6.45, 7) is 2.95. The number of nitrogens with one attached hydrogen (secondary N) is 1. The molecule has 1 saturated carbocycles. The maximum absolute atomic E-state index is 11.6. The molecule has 0 aromatic rings. The minimum absolute atomic E-state index is 0.108. The second-order valence-electron chi connectivity index (χ2n) is 5.21. The fourth-order valence-electron chi connectivity index (χ4n) is 3.17. The van der Waals surface area contributed by atoms with E-state index in [0.29, 0.717) is 5.92 Å². The molecule has 0 aromatic carbocycles. The minimum atomic E-state index is -0.429. The van der Waals surface area contributed by atoms with Gasteiger partial charge >= 0.3 is 5.97 Å². The van der Waals surface area contributed by atoms with Gasteiger partial charge in [-0.1, -0.05) is 25.7 Å². The van der Waals surface area contributed by atoms with Crippen LogP contribution >= 0.6 is 0 Å². The largest absolute Gasteiger partial charge is 0.468 e. The summed E-state index contributed by atoms with van der Waals surface area (Å²) in [7, 11) is 1.47. The van der Waals surface area contributed by atoms with E-state index in [1.54, 1.807) is 0 Å². The Bertz CT molecular complexity index is 248. The first-order valence-corrected chi connectivity index (χ1v) is 5.99. The summed E-state index contributed by atoms with van der Waals surface area (Å²) in [5.41, 5.74) is -0.429. The van der Waals surface area contributed by atoms with Gasteiger partial charge in [0.25, 0.3) is 0 Å². The molecule has 0 bridgehead atoms. The van der Waals surface area contributed by atoms with Gasteiger partial charge in [-0.05, 0) is 31.7 Å². The quantitative estimate of drug-likeness (QED) is 0.707. The second-order valence-corrected chi connectivity index (χ2v) is 5.21. The van der Waals surface area contributed by atoms with E-state index < -0.39 is 5.54 Å². The van der Waals surface area contributed by atoms with Gasteiger partial charge in [0, 0.05) is 0 Å². The third kappa shape index (κ3) is 2.03. The summed E-state index contributed by atoms with van der Waals surface area (Å²) in [5, 5.41) is 3.34. The zero-order valence-electron chi connectivity index (χ0n) is 9.71. The van der Waals surface area contributed by atoms with Crippen molar-refractivity contribution in [2.75, 3.05) is 13.7 Å². The number of methoxy groups -OCH3 is 1. The van der Waals surface area contributed by atoms with Crippen molar-refractivity contribution in [3.63, 3.8) is 0 Å². The average Bonchev–Trinajstić information content (AvgIpc) is 2.85. The molecule has 2 fully saturated rings. The molecule has 0 amide bonds. The van der Waals surface area contributed by atoms with Gasteiger partial charge in [-0.15, -0.1) is 0 Å². The van der Waals surface area contributed by atoms with Crippen LogP contribution < -0.4 is 5.32 Å². The lowest BCUT2D eigenvalue weighted by Crippen LogP contribution is -2.45. The predicted octanol–water partition coefficient (Wildman–Crippen LogP) is 1.72. The Hall–Kier alpha value is -0.570. The fraction of sp³-hybridized carbons (Fsp3) is 0.917. The van der Waals surface area contributed by atoms with Crippen LogP contribution in [0.5, 0.6) is 0 Å². The fourth-order valence-corrected chi connectivity index (χ4v) is 3.17. The number of carbonyl (C=O) groups excluding carboxylic acids is 1. The molecule has 1 aliphatic heterocycles. The molecule has 2 rings (SSSR count). The summed E-state index contributed by atoms with van der Waals surface area (Å²) >= 11 is 0. The second kappa shape index (κ2) is 4.12. The monoisotopic (exact) mass is 211 g/mol. The molecule has 2 unspecified atom stereocenters. The van der Waals surface area contributed by atoms with Crippen LogP contribution in [-0.2, 0) is 9.53 Å². The highest BCUT2D eigenvalue weighted by Gasteiger charge is 2.44. The highest BCUT2D eigenvalue weighted by atomic mass is 16.5. The summed E-state index contributed by atoms with van der Waals surface area (Å²) in [6, 6.07) is 0. The number of esters is 1. The van der Waals surface area contributed by atoms with Gasteiger partial charge in [-0.2, -0.15) is 0 Å². The van der Waals surface area contributed by atoms with Crippen LogP contribution in [0.2, 0.25) is 0 Å². The van der Waals surface area contributed by atoms with E-state index in [1.807, 2.05) is 6.92 Å². The molecule has 3 heteroatoms. The SMILES string of the molecule is COC(=O)C1(C)CC(C2CCCC2)CN1. The first-order valence-electron chi connectivity index (χ1n) is 5.99. The van der Waals surface area contributed by atoms with Crippen molar-refractivity contribution >= 4 is 5.97 Å².